The van der Waals surface area contributed by atoms with Gasteiger partial charge in [0.1, 0.15) is 5.75 Å². The first-order valence-electron chi connectivity index (χ1n) is 6.34. The second-order valence-corrected chi connectivity index (χ2v) is 7.01. The average Bonchev–Trinajstić information content (AvgIpc) is 2.82. The molecule has 2 atom stereocenters. The fourth-order valence-electron chi connectivity index (χ4n) is 2.30. The van der Waals surface area contributed by atoms with E-state index < -0.39 is 26.7 Å². The van der Waals surface area contributed by atoms with Crippen LogP contribution in [0.25, 0.3) is 0 Å². The van der Waals surface area contributed by atoms with E-state index in [2.05, 4.69) is 4.72 Å². The summed E-state index contributed by atoms with van der Waals surface area (Å²) in [6.45, 7) is 0. The molecule has 21 heavy (non-hydrogen) atoms. The summed E-state index contributed by atoms with van der Waals surface area (Å²) in [7, 11) is -2.66. The highest BCUT2D eigenvalue weighted by atomic mass is 35.5. The van der Waals surface area contributed by atoms with Crippen molar-refractivity contribution in [3.05, 3.63) is 28.3 Å². The molecule has 2 rings (SSSR count). The van der Waals surface area contributed by atoms with Crippen LogP contribution in [-0.2, 0) is 10.0 Å². The highest BCUT2D eigenvalue weighted by molar-refractivity contribution is 7.89. The van der Waals surface area contributed by atoms with Crippen LogP contribution in [0.5, 0.6) is 5.75 Å². The zero-order chi connectivity index (χ0) is 15.6. The van der Waals surface area contributed by atoms with Crippen molar-refractivity contribution in [2.45, 2.75) is 35.6 Å². The molecule has 1 aliphatic rings. The van der Waals surface area contributed by atoms with Crippen LogP contribution >= 0.6 is 11.6 Å². The molecule has 0 aliphatic heterocycles. The summed E-state index contributed by atoms with van der Waals surface area (Å²) < 4.78 is 32.0. The van der Waals surface area contributed by atoms with Crippen molar-refractivity contribution >= 4 is 27.3 Å². The van der Waals surface area contributed by atoms with Crippen molar-refractivity contribution in [3.8, 4) is 5.75 Å². The minimum Gasteiger partial charge on any atom is -0.497 e. The van der Waals surface area contributed by atoms with Crippen LogP contribution in [-0.4, -0.2) is 31.9 Å². The maximum Gasteiger partial charge on any atom is 0.293 e. The van der Waals surface area contributed by atoms with E-state index >= 15 is 0 Å². The summed E-state index contributed by atoms with van der Waals surface area (Å²) in [5, 5.41) is 10.8. The van der Waals surface area contributed by atoms with Gasteiger partial charge in [-0.1, -0.05) is 6.42 Å². The number of rotatable bonds is 5. The first-order valence-corrected chi connectivity index (χ1v) is 8.26. The van der Waals surface area contributed by atoms with Gasteiger partial charge in [-0.2, -0.15) is 0 Å². The van der Waals surface area contributed by atoms with Crippen molar-refractivity contribution < 1.29 is 18.1 Å². The van der Waals surface area contributed by atoms with Crippen LogP contribution in [0.15, 0.2) is 23.1 Å². The van der Waals surface area contributed by atoms with Crippen LogP contribution in [0.2, 0.25) is 0 Å². The van der Waals surface area contributed by atoms with Gasteiger partial charge in [0.2, 0.25) is 10.0 Å². The molecule has 0 heterocycles. The summed E-state index contributed by atoms with van der Waals surface area (Å²) in [4.78, 5) is 9.94. The number of halogens is 1. The molecule has 116 valence electrons. The molecule has 7 nitrogen and oxygen atoms in total. The zero-order valence-corrected chi connectivity index (χ0v) is 12.9. The molecule has 9 heteroatoms. The molecule has 0 amide bonds. The lowest BCUT2D eigenvalue weighted by Crippen LogP contribution is -2.38. The molecule has 1 fully saturated rings. The highest BCUT2D eigenvalue weighted by Gasteiger charge is 2.33. The number of benzene rings is 1. The number of nitro benzene ring substituents is 1. The lowest BCUT2D eigenvalue weighted by molar-refractivity contribution is -0.387. The summed E-state index contributed by atoms with van der Waals surface area (Å²) in [6, 6.07) is 3.21. The van der Waals surface area contributed by atoms with E-state index in [1.54, 1.807) is 0 Å². The zero-order valence-electron chi connectivity index (χ0n) is 11.3. The Bertz CT molecular complexity index is 649. The van der Waals surface area contributed by atoms with Gasteiger partial charge < -0.3 is 4.74 Å². The van der Waals surface area contributed by atoms with Crippen LogP contribution in [0.1, 0.15) is 19.3 Å². The number of sulfonamides is 1. The highest BCUT2D eigenvalue weighted by Crippen LogP contribution is 2.30. The van der Waals surface area contributed by atoms with E-state index in [1.807, 2.05) is 0 Å². The van der Waals surface area contributed by atoms with E-state index in [9.17, 15) is 18.5 Å². The Balaban J connectivity index is 2.37. The molecule has 1 aliphatic carbocycles. The molecule has 1 saturated carbocycles. The number of hydrogen-bond acceptors (Lipinski definition) is 5. The average molecular weight is 335 g/mol. The Labute approximate surface area is 127 Å². The summed E-state index contributed by atoms with van der Waals surface area (Å²) in [5.41, 5.74) is -0.522. The largest absolute Gasteiger partial charge is 0.497 e. The van der Waals surface area contributed by atoms with E-state index in [0.29, 0.717) is 6.42 Å². The molecule has 0 aromatic heterocycles. The quantitative estimate of drug-likeness (QED) is 0.504. The number of nitro groups is 1. The summed E-state index contributed by atoms with van der Waals surface area (Å²) in [5.74, 6) is 0.219. The Morgan fingerprint density at radius 3 is 2.67 bits per heavy atom. The third kappa shape index (κ3) is 3.45. The van der Waals surface area contributed by atoms with Gasteiger partial charge in [0.15, 0.2) is 4.90 Å². The molecule has 0 radical (unpaired) electrons. The topological polar surface area (TPSA) is 98.5 Å². The Morgan fingerprint density at radius 1 is 1.43 bits per heavy atom. The van der Waals surface area contributed by atoms with E-state index in [4.69, 9.17) is 16.3 Å². The van der Waals surface area contributed by atoms with Gasteiger partial charge in [0, 0.05) is 11.4 Å². The lowest BCUT2D eigenvalue weighted by atomic mass is 10.3. The molecule has 1 N–H and O–H groups in total. The third-order valence-electron chi connectivity index (χ3n) is 3.39. The monoisotopic (exact) mass is 334 g/mol. The van der Waals surface area contributed by atoms with Crippen LogP contribution in [0.3, 0.4) is 0 Å². The second kappa shape index (κ2) is 6.17. The minimum atomic E-state index is -4.01. The number of ether oxygens (including phenoxy) is 1. The van der Waals surface area contributed by atoms with Gasteiger partial charge in [0.05, 0.1) is 18.1 Å². The number of methoxy groups -OCH3 is 1. The van der Waals surface area contributed by atoms with Gasteiger partial charge >= 0.3 is 0 Å². The molecule has 2 unspecified atom stereocenters. The third-order valence-corrected chi connectivity index (χ3v) is 5.45. The maximum absolute atomic E-state index is 12.3. The number of nitrogens with one attached hydrogen (secondary N) is 1. The minimum absolute atomic E-state index is 0.219. The van der Waals surface area contributed by atoms with Gasteiger partial charge in [0.25, 0.3) is 5.69 Å². The predicted octanol–water partition coefficient (Wildman–Crippen LogP) is 2.04. The number of nitrogens with zero attached hydrogens (tertiary/aromatic N) is 1. The van der Waals surface area contributed by atoms with Crippen molar-refractivity contribution in [2.24, 2.45) is 0 Å². The molecule has 0 spiro atoms. The Morgan fingerprint density at radius 2 is 2.14 bits per heavy atom. The maximum atomic E-state index is 12.3. The molecule has 1 aromatic rings. The molecular weight excluding hydrogens is 320 g/mol. The van der Waals surface area contributed by atoms with Crippen molar-refractivity contribution in [1.29, 1.82) is 0 Å². The van der Waals surface area contributed by atoms with E-state index in [0.717, 1.165) is 25.0 Å². The lowest BCUT2D eigenvalue weighted by Gasteiger charge is -2.16. The molecule has 0 bridgehead atoms. The van der Waals surface area contributed by atoms with Gasteiger partial charge in [-0.15, -0.1) is 11.6 Å². The van der Waals surface area contributed by atoms with E-state index in [-0.39, 0.29) is 16.0 Å². The Hall–Kier alpha value is -1.38. The SMILES string of the molecule is COc1ccc(S(=O)(=O)NC2CCCC2Cl)c([N+](=O)[O-])c1. The van der Waals surface area contributed by atoms with Crippen molar-refractivity contribution in [2.75, 3.05) is 7.11 Å². The van der Waals surface area contributed by atoms with Crippen LogP contribution in [0, 0.1) is 10.1 Å². The van der Waals surface area contributed by atoms with Gasteiger partial charge in [-0.3, -0.25) is 10.1 Å². The smallest absolute Gasteiger partial charge is 0.293 e. The second-order valence-electron chi connectivity index (χ2n) is 4.77. The fraction of sp³-hybridized carbons (Fsp3) is 0.500. The predicted molar refractivity (Wildman–Crippen MR) is 77.2 cm³/mol. The summed E-state index contributed by atoms with van der Waals surface area (Å²) >= 11 is 6.04. The van der Waals surface area contributed by atoms with Gasteiger partial charge in [-0.05, 0) is 25.0 Å². The van der Waals surface area contributed by atoms with E-state index in [1.165, 1.54) is 13.2 Å². The first kappa shape index (κ1) is 16.0. The normalized spacial score (nSPS) is 22.2. The molecular formula is C12H15ClN2O5S. The summed E-state index contributed by atoms with van der Waals surface area (Å²) in [6.07, 6.45) is 2.17. The fourth-order valence-corrected chi connectivity index (χ4v) is 4.19. The molecule has 1 aromatic carbocycles. The molecule has 0 saturated heterocycles. The first-order chi connectivity index (χ1) is 9.85. The number of alkyl halides is 1. The number of hydrogen-bond donors (Lipinski definition) is 1. The van der Waals surface area contributed by atoms with Crippen molar-refractivity contribution in [3.63, 3.8) is 0 Å². The van der Waals surface area contributed by atoms with Crippen LogP contribution < -0.4 is 9.46 Å². The Kier molecular flexibility index (Phi) is 4.70. The van der Waals surface area contributed by atoms with Crippen LogP contribution in [0.4, 0.5) is 5.69 Å². The van der Waals surface area contributed by atoms with Crippen molar-refractivity contribution in [1.82, 2.24) is 4.72 Å². The standard InChI is InChI=1S/C12H15ClN2O5S/c1-20-8-5-6-12(11(7-8)15(16)17)21(18,19)14-10-4-2-3-9(10)13/h5-7,9-10,14H,2-4H2,1H3. The van der Waals surface area contributed by atoms with Gasteiger partial charge in [-0.25, -0.2) is 13.1 Å².